The third kappa shape index (κ3) is 6.82. The average molecular weight is 547 g/mol. The largest absolute Gasteiger partial charge is 0.481 e. The van der Waals surface area contributed by atoms with Crippen molar-refractivity contribution < 1.29 is 28.7 Å². The normalized spacial score (nSPS) is 15.7. The molecule has 2 atom stereocenters. The first kappa shape index (κ1) is 28.3. The number of amides is 4. The molecule has 0 saturated carbocycles. The highest BCUT2D eigenvalue weighted by Gasteiger charge is 2.41. The van der Waals surface area contributed by atoms with E-state index < -0.39 is 48.3 Å². The number of carboxylic acids is 1. The van der Waals surface area contributed by atoms with Crippen LogP contribution in [-0.4, -0.2) is 58.0 Å². The van der Waals surface area contributed by atoms with Crippen LogP contribution in [0.1, 0.15) is 45.9 Å². The van der Waals surface area contributed by atoms with E-state index in [-0.39, 0.29) is 13.1 Å². The number of carbonyl (C=O) groups excluding carboxylic acids is 3. The van der Waals surface area contributed by atoms with Gasteiger partial charge in [0.15, 0.2) is 6.17 Å². The lowest BCUT2D eigenvalue weighted by atomic mass is 10.0. The number of aliphatic carboxylic acids is 1. The predicted molar refractivity (Wildman–Crippen MR) is 147 cm³/mol. The first-order valence-corrected chi connectivity index (χ1v) is 12.9. The zero-order valence-electron chi connectivity index (χ0n) is 22.3. The van der Waals surface area contributed by atoms with Crippen molar-refractivity contribution in [3.8, 4) is 0 Å². The van der Waals surface area contributed by atoms with Crippen molar-refractivity contribution in [2.45, 2.75) is 38.9 Å². The number of nitrogens with zero attached hydrogens (tertiary/aromatic N) is 2. The van der Waals surface area contributed by atoms with E-state index in [4.69, 9.17) is 0 Å². The molecule has 2 unspecified atom stereocenters. The fraction of sp³-hybridized carbons (Fsp3) is 0.267. The van der Waals surface area contributed by atoms with Crippen molar-refractivity contribution in [1.82, 2.24) is 15.1 Å². The Morgan fingerprint density at radius 3 is 2.25 bits per heavy atom. The van der Waals surface area contributed by atoms with Gasteiger partial charge >= 0.3 is 12.0 Å². The summed E-state index contributed by atoms with van der Waals surface area (Å²) in [5, 5.41) is 15.0. The summed E-state index contributed by atoms with van der Waals surface area (Å²) in [6.45, 7) is 4.12. The highest BCUT2D eigenvalue weighted by atomic mass is 19.1. The molecule has 3 aromatic rings. The minimum atomic E-state index is -1.36. The van der Waals surface area contributed by atoms with Gasteiger partial charge in [-0.15, -0.1) is 0 Å². The van der Waals surface area contributed by atoms with Gasteiger partial charge in [0.1, 0.15) is 5.82 Å². The smallest absolute Gasteiger partial charge is 0.323 e. The van der Waals surface area contributed by atoms with Gasteiger partial charge in [0.05, 0.1) is 12.5 Å². The first-order chi connectivity index (χ1) is 19.1. The number of benzene rings is 3. The van der Waals surface area contributed by atoms with E-state index in [1.807, 2.05) is 19.9 Å². The predicted octanol–water partition coefficient (Wildman–Crippen LogP) is 4.48. The SMILES string of the molecule is Cc1ccc(C(=O)N2CCCN(C(=O)Nc3ccc(F)cc3)C2C(=O)NC(CC(=O)O)c2cccc(C)c2)cc1. The van der Waals surface area contributed by atoms with E-state index in [2.05, 4.69) is 10.6 Å². The number of carboxylic acid groups (broad SMARTS) is 1. The second-order valence-electron chi connectivity index (χ2n) is 9.80. The Morgan fingerprint density at radius 2 is 1.60 bits per heavy atom. The lowest BCUT2D eigenvalue weighted by molar-refractivity contribution is -0.138. The Kier molecular flexibility index (Phi) is 8.78. The summed E-state index contributed by atoms with van der Waals surface area (Å²) in [5.41, 5.74) is 3.10. The van der Waals surface area contributed by atoms with Crippen LogP contribution in [0.2, 0.25) is 0 Å². The molecule has 9 nitrogen and oxygen atoms in total. The molecule has 0 aliphatic carbocycles. The highest BCUT2D eigenvalue weighted by Crippen LogP contribution is 2.24. The van der Waals surface area contributed by atoms with Crippen LogP contribution in [0.4, 0.5) is 14.9 Å². The van der Waals surface area contributed by atoms with E-state index in [1.165, 1.54) is 34.1 Å². The molecule has 1 fully saturated rings. The van der Waals surface area contributed by atoms with Crippen molar-refractivity contribution >= 4 is 29.5 Å². The Bertz CT molecular complexity index is 1390. The van der Waals surface area contributed by atoms with Gasteiger partial charge in [-0.2, -0.15) is 0 Å². The molecule has 0 radical (unpaired) electrons. The summed E-state index contributed by atoms with van der Waals surface area (Å²) in [4.78, 5) is 55.2. The van der Waals surface area contributed by atoms with E-state index in [9.17, 15) is 28.7 Å². The average Bonchev–Trinajstić information content (AvgIpc) is 2.93. The van der Waals surface area contributed by atoms with Gasteiger partial charge in [-0.1, -0.05) is 47.5 Å². The van der Waals surface area contributed by atoms with Gasteiger partial charge in [0.25, 0.3) is 11.8 Å². The molecule has 208 valence electrons. The third-order valence-corrected chi connectivity index (χ3v) is 6.68. The fourth-order valence-electron chi connectivity index (χ4n) is 4.68. The van der Waals surface area contributed by atoms with Crippen molar-refractivity contribution in [2.75, 3.05) is 18.4 Å². The maximum absolute atomic E-state index is 13.9. The van der Waals surface area contributed by atoms with E-state index in [0.29, 0.717) is 23.2 Å². The van der Waals surface area contributed by atoms with E-state index in [1.54, 1.807) is 42.5 Å². The Morgan fingerprint density at radius 1 is 0.925 bits per heavy atom. The molecule has 40 heavy (non-hydrogen) atoms. The number of urea groups is 1. The number of nitrogens with one attached hydrogen (secondary N) is 2. The van der Waals surface area contributed by atoms with Crippen molar-refractivity contribution in [2.24, 2.45) is 0 Å². The Labute approximate surface area is 231 Å². The summed E-state index contributed by atoms with van der Waals surface area (Å²) < 4.78 is 13.4. The fourth-order valence-corrected chi connectivity index (χ4v) is 4.68. The molecular formula is C30H31FN4O5. The molecule has 3 aromatic carbocycles. The van der Waals surface area contributed by atoms with E-state index >= 15 is 0 Å². The second-order valence-corrected chi connectivity index (χ2v) is 9.80. The number of aryl methyl sites for hydroxylation is 2. The van der Waals surface area contributed by atoms with Crippen molar-refractivity contribution in [1.29, 1.82) is 0 Å². The lowest BCUT2D eigenvalue weighted by Crippen LogP contribution is -2.64. The zero-order chi connectivity index (χ0) is 28.8. The molecule has 1 saturated heterocycles. The number of hydrogen-bond donors (Lipinski definition) is 3. The Hall–Kier alpha value is -4.73. The van der Waals surface area contributed by atoms with Gasteiger partial charge in [-0.05, 0) is 62.2 Å². The molecule has 3 N–H and O–H groups in total. The number of anilines is 1. The summed E-state index contributed by atoms with van der Waals surface area (Å²) in [7, 11) is 0. The molecule has 1 aliphatic heterocycles. The molecule has 4 amide bonds. The lowest BCUT2D eigenvalue weighted by Gasteiger charge is -2.43. The van der Waals surface area contributed by atoms with Crippen molar-refractivity contribution in [3.63, 3.8) is 0 Å². The number of halogens is 1. The number of carbonyl (C=O) groups is 4. The molecule has 1 aliphatic rings. The molecule has 1 heterocycles. The Balaban J connectivity index is 1.67. The van der Waals surface area contributed by atoms with E-state index in [0.717, 1.165) is 11.1 Å². The monoisotopic (exact) mass is 546 g/mol. The van der Waals surface area contributed by atoms with Crippen molar-refractivity contribution in [3.05, 3.63) is 101 Å². The number of rotatable bonds is 7. The van der Waals surface area contributed by atoms with Gasteiger partial charge in [-0.3, -0.25) is 19.3 Å². The van der Waals surface area contributed by atoms with Crippen LogP contribution in [0.3, 0.4) is 0 Å². The standard InChI is InChI=1S/C30H31FN4O5/c1-19-7-9-21(10-8-19)29(39)34-15-4-16-35(30(40)32-24-13-11-23(31)12-14-24)28(34)27(38)33-25(18-26(36)37)22-6-3-5-20(2)17-22/h3,5-14,17,25,28H,4,15-16,18H2,1-2H3,(H,32,40)(H,33,38)(H,36,37). The first-order valence-electron chi connectivity index (χ1n) is 12.9. The molecule has 4 rings (SSSR count). The molecule has 0 bridgehead atoms. The minimum Gasteiger partial charge on any atom is -0.481 e. The summed E-state index contributed by atoms with van der Waals surface area (Å²) in [5.74, 6) is -2.72. The van der Waals surface area contributed by atoms with Crippen LogP contribution < -0.4 is 10.6 Å². The van der Waals surface area contributed by atoms with Crippen LogP contribution in [0, 0.1) is 19.7 Å². The van der Waals surface area contributed by atoms with Crippen LogP contribution in [0.15, 0.2) is 72.8 Å². The zero-order valence-corrected chi connectivity index (χ0v) is 22.3. The van der Waals surface area contributed by atoms with Gasteiger partial charge < -0.3 is 20.6 Å². The van der Waals surface area contributed by atoms with Crippen LogP contribution >= 0.6 is 0 Å². The topological polar surface area (TPSA) is 119 Å². The van der Waals surface area contributed by atoms with Crippen LogP contribution in [0.5, 0.6) is 0 Å². The quantitative estimate of drug-likeness (QED) is 0.404. The summed E-state index contributed by atoms with van der Waals surface area (Å²) >= 11 is 0. The second kappa shape index (κ2) is 12.4. The number of hydrogen-bond acceptors (Lipinski definition) is 4. The minimum absolute atomic E-state index is 0.164. The van der Waals surface area contributed by atoms with Crippen LogP contribution in [0.25, 0.3) is 0 Å². The molecular weight excluding hydrogens is 515 g/mol. The summed E-state index contributed by atoms with van der Waals surface area (Å²) in [6, 6.07) is 17.6. The third-order valence-electron chi connectivity index (χ3n) is 6.68. The van der Waals surface area contributed by atoms with Gasteiger partial charge in [0.2, 0.25) is 0 Å². The molecule has 0 spiro atoms. The summed E-state index contributed by atoms with van der Waals surface area (Å²) in [6.07, 6.45) is -1.34. The maximum Gasteiger partial charge on any atom is 0.323 e. The van der Waals surface area contributed by atoms with Gasteiger partial charge in [0, 0.05) is 24.3 Å². The maximum atomic E-state index is 13.9. The van der Waals surface area contributed by atoms with Gasteiger partial charge in [-0.25, -0.2) is 9.18 Å². The highest BCUT2D eigenvalue weighted by molar-refractivity contribution is 6.00. The molecule has 0 aromatic heterocycles. The van der Waals surface area contributed by atoms with Crippen LogP contribution in [-0.2, 0) is 9.59 Å². The molecule has 10 heteroatoms.